The highest BCUT2D eigenvalue weighted by molar-refractivity contribution is 7.91. The Hall–Kier alpha value is -2.15. The van der Waals surface area contributed by atoms with Crippen LogP contribution < -0.4 is 10.6 Å². The topological polar surface area (TPSA) is 84.0 Å². The van der Waals surface area contributed by atoms with Crippen LogP contribution in [0.4, 0.5) is 17.3 Å². The van der Waals surface area contributed by atoms with Gasteiger partial charge in [-0.3, -0.25) is 0 Å². The van der Waals surface area contributed by atoms with Crippen LogP contribution in [-0.2, 0) is 9.84 Å². The van der Waals surface area contributed by atoms with E-state index in [4.69, 9.17) is 0 Å². The summed E-state index contributed by atoms with van der Waals surface area (Å²) in [6, 6.07) is 9.65. The third kappa shape index (κ3) is 3.54. The van der Waals surface area contributed by atoms with Crippen molar-refractivity contribution in [2.75, 3.05) is 22.1 Å². The molecule has 0 radical (unpaired) electrons. The van der Waals surface area contributed by atoms with Crippen molar-refractivity contribution in [1.82, 2.24) is 9.97 Å². The molecule has 1 aromatic carbocycles. The molecule has 2 heterocycles. The minimum absolute atomic E-state index is 0.0776. The van der Waals surface area contributed by atoms with Gasteiger partial charge in [0.15, 0.2) is 9.84 Å². The zero-order valence-electron chi connectivity index (χ0n) is 12.3. The van der Waals surface area contributed by atoms with Crippen molar-refractivity contribution in [3.63, 3.8) is 0 Å². The van der Waals surface area contributed by atoms with E-state index in [1.807, 2.05) is 31.2 Å². The standard InChI is InChI=1S/C15H18N4O2S/c1-11-4-2-3-5-13(11)19-15-8-14(16-10-17-15)18-12-6-7-22(20,21)9-12/h2-5,8,10,12H,6-7,9H2,1H3,(H2,16,17,18,19). The summed E-state index contributed by atoms with van der Waals surface area (Å²) in [6.07, 6.45) is 2.08. The van der Waals surface area contributed by atoms with E-state index in [0.717, 1.165) is 11.3 Å². The molecule has 2 N–H and O–H groups in total. The van der Waals surface area contributed by atoms with Gasteiger partial charge in [-0.1, -0.05) is 18.2 Å². The van der Waals surface area contributed by atoms with Crippen LogP contribution in [0.25, 0.3) is 0 Å². The number of hydrogen-bond acceptors (Lipinski definition) is 6. The van der Waals surface area contributed by atoms with Gasteiger partial charge in [-0.15, -0.1) is 0 Å². The maximum atomic E-state index is 11.5. The van der Waals surface area contributed by atoms with Crippen LogP contribution in [0.1, 0.15) is 12.0 Å². The number of para-hydroxylation sites is 1. The number of benzene rings is 1. The smallest absolute Gasteiger partial charge is 0.152 e. The van der Waals surface area contributed by atoms with Crippen molar-refractivity contribution in [2.45, 2.75) is 19.4 Å². The first-order valence-electron chi connectivity index (χ1n) is 7.13. The Labute approximate surface area is 129 Å². The lowest BCUT2D eigenvalue weighted by molar-refractivity contribution is 0.602. The number of sulfone groups is 1. The maximum Gasteiger partial charge on any atom is 0.152 e. The summed E-state index contributed by atoms with van der Waals surface area (Å²) in [6.45, 7) is 2.02. The molecular formula is C15H18N4O2S. The molecule has 116 valence electrons. The van der Waals surface area contributed by atoms with E-state index < -0.39 is 9.84 Å². The van der Waals surface area contributed by atoms with Gasteiger partial charge in [-0.25, -0.2) is 18.4 Å². The zero-order valence-corrected chi connectivity index (χ0v) is 13.1. The molecule has 1 saturated heterocycles. The summed E-state index contributed by atoms with van der Waals surface area (Å²) >= 11 is 0. The van der Waals surface area contributed by atoms with Gasteiger partial charge < -0.3 is 10.6 Å². The minimum atomic E-state index is -2.90. The van der Waals surface area contributed by atoms with Gasteiger partial charge in [0, 0.05) is 17.8 Å². The lowest BCUT2D eigenvalue weighted by atomic mass is 10.2. The number of nitrogens with zero attached hydrogens (tertiary/aromatic N) is 2. The van der Waals surface area contributed by atoms with Crippen molar-refractivity contribution in [3.8, 4) is 0 Å². The van der Waals surface area contributed by atoms with Gasteiger partial charge in [0.25, 0.3) is 0 Å². The Kier molecular flexibility index (Phi) is 3.98. The van der Waals surface area contributed by atoms with Crippen molar-refractivity contribution >= 4 is 27.2 Å². The van der Waals surface area contributed by atoms with Crippen LogP contribution >= 0.6 is 0 Å². The Morgan fingerprint density at radius 3 is 2.68 bits per heavy atom. The highest BCUT2D eigenvalue weighted by Gasteiger charge is 2.27. The highest BCUT2D eigenvalue weighted by Crippen LogP contribution is 2.21. The number of rotatable bonds is 4. The van der Waals surface area contributed by atoms with Crippen LogP contribution in [0, 0.1) is 6.92 Å². The summed E-state index contributed by atoms with van der Waals surface area (Å²) in [7, 11) is -2.90. The van der Waals surface area contributed by atoms with Gasteiger partial charge >= 0.3 is 0 Å². The third-order valence-electron chi connectivity index (χ3n) is 3.66. The molecule has 0 spiro atoms. The first-order valence-corrected chi connectivity index (χ1v) is 8.96. The molecule has 3 rings (SSSR count). The Morgan fingerprint density at radius 1 is 1.18 bits per heavy atom. The first-order chi connectivity index (χ1) is 10.5. The zero-order chi connectivity index (χ0) is 15.6. The molecule has 0 aliphatic carbocycles. The first kappa shape index (κ1) is 14.8. The molecule has 1 aliphatic heterocycles. The summed E-state index contributed by atoms with van der Waals surface area (Å²) in [5.74, 6) is 1.71. The fraction of sp³-hybridized carbons (Fsp3) is 0.333. The van der Waals surface area contributed by atoms with Gasteiger partial charge in [0.2, 0.25) is 0 Å². The average molecular weight is 318 g/mol. The van der Waals surface area contributed by atoms with E-state index in [9.17, 15) is 8.42 Å². The maximum absolute atomic E-state index is 11.5. The molecule has 1 atom stereocenters. The third-order valence-corrected chi connectivity index (χ3v) is 5.43. The van der Waals surface area contributed by atoms with Gasteiger partial charge in [0.1, 0.15) is 18.0 Å². The normalized spacial score (nSPS) is 19.8. The fourth-order valence-corrected chi connectivity index (χ4v) is 4.15. The largest absolute Gasteiger partial charge is 0.366 e. The van der Waals surface area contributed by atoms with Crippen molar-refractivity contribution in [2.24, 2.45) is 0 Å². The predicted molar refractivity (Wildman–Crippen MR) is 87.2 cm³/mol. The van der Waals surface area contributed by atoms with Gasteiger partial charge in [-0.05, 0) is 25.0 Å². The quantitative estimate of drug-likeness (QED) is 0.898. The molecule has 7 heteroatoms. The molecule has 1 aliphatic rings. The molecule has 22 heavy (non-hydrogen) atoms. The lowest BCUT2D eigenvalue weighted by Crippen LogP contribution is -2.21. The highest BCUT2D eigenvalue weighted by atomic mass is 32.2. The molecule has 0 saturated carbocycles. The van der Waals surface area contributed by atoms with E-state index in [-0.39, 0.29) is 17.5 Å². The summed E-state index contributed by atoms with van der Waals surface area (Å²) < 4.78 is 23.0. The number of nitrogens with one attached hydrogen (secondary N) is 2. The van der Waals surface area contributed by atoms with Crippen molar-refractivity contribution in [1.29, 1.82) is 0 Å². The lowest BCUT2D eigenvalue weighted by Gasteiger charge is -2.13. The van der Waals surface area contributed by atoms with E-state index >= 15 is 0 Å². The van der Waals surface area contributed by atoms with Crippen molar-refractivity contribution in [3.05, 3.63) is 42.2 Å². The predicted octanol–water partition coefficient (Wildman–Crippen LogP) is 2.13. The minimum Gasteiger partial charge on any atom is -0.366 e. The molecule has 0 amide bonds. The van der Waals surface area contributed by atoms with Crippen LogP contribution in [0.2, 0.25) is 0 Å². The monoisotopic (exact) mass is 318 g/mol. The van der Waals surface area contributed by atoms with Crippen molar-refractivity contribution < 1.29 is 8.42 Å². The molecule has 0 bridgehead atoms. The second kappa shape index (κ2) is 5.92. The average Bonchev–Trinajstić information content (AvgIpc) is 2.81. The molecule has 1 fully saturated rings. The summed E-state index contributed by atoms with van der Waals surface area (Å²) in [5.41, 5.74) is 2.10. The van der Waals surface area contributed by atoms with E-state index in [1.165, 1.54) is 6.33 Å². The van der Waals surface area contributed by atoms with E-state index in [2.05, 4.69) is 20.6 Å². The van der Waals surface area contributed by atoms with Gasteiger partial charge in [-0.2, -0.15) is 0 Å². The SMILES string of the molecule is Cc1ccccc1Nc1cc(NC2CCS(=O)(=O)C2)ncn1. The number of aryl methyl sites for hydroxylation is 1. The number of hydrogen-bond donors (Lipinski definition) is 2. The van der Waals surface area contributed by atoms with E-state index in [1.54, 1.807) is 6.07 Å². The Morgan fingerprint density at radius 2 is 1.95 bits per heavy atom. The molecule has 1 unspecified atom stereocenters. The van der Waals surface area contributed by atoms with Crippen LogP contribution in [-0.4, -0.2) is 35.9 Å². The summed E-state index contributed by atoms with van der Waals surface area (Å²) in [4.78, 5) is 8.36. The van der Waals surface area contributed by atoms with E-state index in [0.29, 0.717) is 18.1 Å². The number of anilines is 3. The Bertz CT molecular complexity index is 777. The molecule has 1 aromatic heterocycles. The molecule has 2 aromatic rings. The summed E-state index contributed by atoms with van der Waals surface area (Å²) in [5, 5.41) is 6.41. The molecular weight excluding hydrogens is 300 g/mol. The number of aromatic nitrogens is 2. The fourth-order valence-electron chi connectivity index (χ4n) is 2.47. The van der Waals surface area contributed by atoms with Crippen LogP contribution in [0.3, 0.4) is 0 Å². The van der Waals surface area contributed by atoms with Gasteiger partial charge in [0.05, 0.1) is 11.5 Å². The second-order valence-electron chi connectivity index (χ2n) is 5.47. The Balaban J connectivity index is 1.72. The molecule has 6 nitrogen and oxygen atoms in total. The van der Waals surface area contributed by atoms with Crippen LogP contribution in [0.15, 0.2) is 36.7 Å². The van der Waals surface area contributed by atoms with Crippen LogP contribution in [0.5, 0.6) is 0 Å². The second-order valence-corrected chi connectivity index (χ2v) is 7.70.